The molecule has 0 aliphatic carbocycles. The summed E-state index contributed by atoms with van der Waals surface area (Å²) in [5.74, 6) is 0. The second-order valence-corrected chi connectivity index (χ2v) is 7.31. The van der Waals surface area contributed by atoms with Gasteiger partial charge in [-0.2, -0.15) is 0 Å². The largest absolute Gasteiger partial charge is 0.334 e. The first kappa shape index (κ1) is 17.2. The highest BCUT2D eigenvalue weighted by molar-refractivity contribution is 5.74. The Hall–Kier alpha value is -1.59. The van der Waals surface area contributed by atoms with Crippen LogP contribution < -0.4 is 5.32 Å². The highest BCUT2D eigenvalue weighted by Crippen LogP contribution is 2.17. The number of likely N-dealkylation sites (tertiary alicyclic amines) is 2. The van der Waals surface area contributed by atoms with Crippen molar-refractivity contribution in [2.75, 3.05) is 40.3 Å². The van der Waals surface area contributed by atoms with Crippen LogP contribution in [0, 0.1) is 0 Å². The number of urea groups is 1. The number of amides is 2. The van der Waals surface area contributed by atoms with E-state index in [1.54, 1.807) is 4.90 Å². The molecule has 1 aromatic rings. The molecule has 5 heteroatoms. The van der Waals surface area contributed by atoms with Gasteiger partial charge in [0.15, 0.2) is 0 Å². The third-order valence-electron chi connectivity index (χ3n) is 5.18. The Morgan fingerprint density at radius 2 is 1.92 bits per heavy atom. The third-order valence-corrected chi connectivity index (χ3v) is 5.18. The van der Waals surface area contributed by atoms with Gasteiger partial charge >= 0.3 is 6.03 Å². The van der Waals surface area contributed by atoms with Crippen LogP contribution in [-0.2, 0) is 13.1 Å². The molecule has 1 atom stereocenters. The number of carbonyl (C=O) groups is 1. The van der Waals surface area contributed by atoms with Crippen LogP contribution in [0.15, 0.2) is 24.3 Å². The summed E-state index contributed by atoms with van der Waals surface area (Å²) in [6.45, 7) is 6.07. The first-order chi connectivity index (χ1) is 11.6. The maximum Gasteiger partial charge on any atom is 0.317 e. The van der Waals surface area contributed by atoms with Crippen molar-refractivity contribution in [1.29, 1.82) is 0 Å². The molecule has 0 spiro atoms. The monoisotopic (exact) mass is 330 g/mol. The van der Waals surface area contributed by atoms with Crippen LogP contribution in [0.1, 0.15) is 30.4 Å². The van der Waals surface area contributed by atoms with E-state index in [0.29, 0.717) is 6.54 Å². The van der Waals surface area contributed by atoms with Crippen molar-refractivity contribution in [2.45, 2.75) is 38.4 Å². The molecule has 24 heavy (non-hydrogen) atoms. The minimum Gasteiger partial charge on any atom is -0.334 e. The molecule has 2 aliphatic heterocycles. The normalized spacial score (nSPS) is 22.0. The van der Waals surface area contributed by atoms with E-state index in [0.717, 1.165) is 26.1 Å². The lowest BCUT2D eigenvalue weighted by Gasteiger charge is -2.23. The van der Waals surface area contributed by atoms with Gasteiger partial charge in [-0.1, -0.05) is 24.3 Å². The highest BCUT2D eigenvalue weighted by Gasteiger charge is 2.23. The van der Waals surface area contributed by atoms with Crippen LogP contribution in [0.4, 0.5) is 4.79 Å². The summed E-state index contributed by atoms with van der Waals surface area (Å²) in [6.07, 6.45) is 3.66. The molecule has 5 nitrogen and oxygen atoms in total. The lowest BCUT2D eigenvalue weighted by molar-refractivity contribution is 0.202. The zero-order valence-corrected chi connectivity index (χ0v) is 15.0. The van der Waals surface area contributed by atoms with E-state index in [1.807, 2.05) is 7.05 Å². The summed E-state index contributed by atoms with van der Waals surface area (Å²) < 4.78 is 0. The molecule has 2 heterocycles. The maximum atomic E-state index is 12.5. The zero-order chi connectivity index (χ0) is 16.9. The zero-order valence-electron chi connectivity index (χ0n) is 15.0. The molecule has 3 rings (SSSR count). The van der Waals surface area contributed by atoms with Crippen LogP contribution >= 0.6 is 0 Å². The van der Waals surface area contributed by atoms with E-state index in [1.165, 1.54) is 37.1 Å². The predicted molar refractivity (Wildman–Crippen MR) is 96.9 cm³/mol. The molecule has 2 aliphatic rings. The average molecular weight is 330 g/mol. The van der Waals surface area contributed by atoms with Gasteiger partial charge in [-0.3, -0.25) is 4.90 Å². The highest BCUT2D eigenvalue weighted by atomic mass is 16.2. The van der Waals surface area contributed by atoms with Gasteiger partial charge in [0.2, 0.25) is 0 Å². The van der Waals surface area contributed by atoms with E-state index in [2.05, 4.69) is 46.4 Å². The van der Waals surface area contributed by atoms with Crippen LogP contribution in [-0.4, -0.2) is 67.0 Å². The van der Waals surface area contributed by atoms with Crippen molar-refractivity contribution in [1.82, 2.24) is 20.0 Å². The summed E-state index contributed by atoms with van der Waals surface area (Å²) in [4.78, 5) is 19.0. The van der Waals surface area contributed by atoms with Crippen molar-refractivity contribution < 1.29 is 4.79 Å². The molecular formula is C19H30N4O. The van der Waals surface area contributed by atoms with E-state index >= 15 is 0 Å². The summed E-state index contributed by atoms with van der Waals surface area (Å²) in [6, 6.07) is 8.84. The molecular weight excluding hydrogens is 300 g/mol. The van der Waals surface area contributed by atoms with Crippen molar-refractivity contribution in [3.63, 3.8) is 0 Å². The molecule has 132 valence electrons. The van der Waals surface area contributed by atoms with Crippen LogP contribution in [0.2, 0.25) is 0 Å². The number of hydrogen-bond donors (Lipinski definition) is 1. The fourth-order valence-corrected chi connectivity index (χ4v) is 3.71. The average Bonchev–Trinajstić information content (AvgIpc) is 3.21. The first-order valence-electron chi connectivity index (χ1n) is 9.11. The van der Waals surface area contributed by atoms with Gasteiger partial charge in [0.05, 0.1) is 0 Å². The fourth-order valence-electron chi connectivity index (χ4n) is 3.71. The maximum absolute atomic E-state index is 12.5. The Morgan fingerprint density at radius 1 is 1.21 bits per heavy atom. The van der Waals surface area contributed by atoms with E-state index < -0.39 is 0 Å². The quantitative estimate of drug-likeness (QED) is 0.899. The summed E-state index contributed by atoms with van der Waals surface area (Å²) in [5, 5.41) is 3.16. The van der Waals surface area contributed by atoms with Crippen LogP contribution in [0.25, 0.3) is 0 Å². The van der Waals surface area contributed by atoms with Gasteiger partial charge in [0, 0.05) is 32.7 Å². The molecule has 0 radical (unpaired) electrons. The first-order valence-corrected chi connectivity index (χ1v) is 9.11. The molecule has 0 unspecified atom stereocenters. The summed E-state index contributed by atoms with van der Waals surface area (Å²) in [5.41, 5.74) is 2.60. The Balaban J connectivity index is 1.57. The molecule has 2 fully saturated rings. The minimum atomic E-state index is 0.0336. The van der Waals surface area contributed by atoms with Gasteiger partial charge < -0.3 is 15.1 Å². The number of nitrogens with zero attached hydrogens (tertiary/aromatic N) is 3. The van der Waals surface area contributed by atoms with Crippen molar-refractivity contribution >= 4 is 6.03 Å². The number of hydrogen-bond acceptors (Lipinski definition) is 3. The second kappa shape index (κ2) is 7.99. The lowest BCUT2D eigenvalue weighted by atomic mass is 10.1. The van der Waals surface area contributed by atoms with Gasteiger partial charge in [-0.15, -0.1) is 0 Å². The van der Waals surface area contributed by atoms with Gasteiger partial charge in [0.25, 0.3) is 0 Å². The topological polar surface area (TPSA) is 38.8 Å². The van der Waals surface area contributed by atoms with Crippen molar-refractivity contribution in [3.8, 4) is 0 Å². The second-order valence-electron chi connectivity index (χ2n) is 7.31. The summed E-state index contributed by atoms with van der Waals surface area (Å²) >= 11 is 0. The number of rotatable bonds is 5. The molecule has 2 amide bonds. The molecule has 1 N–H and O–H groups in total. The van der Waals surface area contributed by atoms with E-state index in [9.17, 15) is 4.79 Å². The third kappa shape index (κ3) is 4.48. The van der Waals surface area contributed by atoms with Crippen molar-refractivity contribution in [2.24, 2.45) is 0 Å². The van der Waals surface area contributed by atoms with Gasteiger partial charge in [-0.25, -0.2) is 4.79 Å². The van der Waals surface area contributed by atoms with Gasteiger partial charge in [-0.05, 0) is 57.1 Å². The lowest BCUT2D eigenvalue weighted by Crippen LogP contribution is -2.43. The number of carbonyl (C=O) groups excluding carboxylic acids is 1. The molecule has 0 aromatic heterocycles. The van der Waals surface area contributed by atoms with Crippen LogP contribution in [0.5, 0.6) is 0 Å². The van der Waals surface area contributed by atoms with E-state index in [4.69, 9.17) is 0 Å². The SMILES string of the molecule is CN1CC[C@H](NC(=O)N(C)Cc2ccccc2CN2CCCC2)C1. The van der Waals surface area contributed by atoms with Gasteiger partial charge in [0.1, 0.15) is 0 Å². The Labute approximate surface area is 145 Å². The Bertz CT molecular complexity index is 556. The molecule has 2 saturated heterocycles. The number of likely N-dealkylation sites (N-methyl/N-ethyl adjacent to an activating group) is 1. The smallest absolute Gasteiger partial charge is 0.317 e. The number of nitrogens with one attached hydrogen (secondary N) is 1. The summed E-state index contributed by atoms with van der Waals surface area (Å²) in [7, 11) is 3.99. The van der Waals surface area contributed by atoms with E-state index in [-0.39, 0.29) is 12.1 Å². The predicted octanol–water partition coefficient (Wildman–Crippen LogP) is 2.13. The fraction of sp³-hybridized carbons (Fsp3) is 0.632. The number of benzene rings is 1. The molecule has 0 bridgehead atoms. The molecule has 1 aromatic carbocycles. The minimum absolute atomic E-state index is 0.0336. The Morgan fingerprint density at radius 3 is 2.58 bits per heavy atom. The standard InChI is InChI=1S/C19H30N4O/c1-21-12-9-18(15-21)20-19(24)22(2)13-16-7-3-4-8-17(16)14-23-10-5-6-11-23/h3-4,7-8,18H,5-6,9-15H2,1-2H3,(H,20,24)/t18-/m0/s1. The van der Waals surface area contributed by atoms with Crippen molar-refractivity contribution in [3.05, 3.63) is 35.4 Å². The molecule has 0 saturated carbocycles. The Kier molecular flexibility index (Phi) is 5.74. The van der Waals surface area contributed by atoms with Crippen LogP contribution in [0.3, 0.4) is 0 Å².